The van der Waals surface area contributed by atoms with Crippen LogP contribution >= 0.6 is 39.1 Å². The number of hydrogen-bond acceptors (Lipinski definition) is 38. The lowest BCUT2D eigenvalue weighted by atomic mass is 10.1. The Labute approximate surface area is 804 Å². The van der Waals surface area contributed by atoms with Crippen molar-refractivity contribution in [3.05, 3.63) is 236 Å². The molecule has 7 aromatic carbocycles. The highest BCUT2D eigenvalue weighted by atomic mass is 79.9. The van der Waals surface area contributed by atoms with Crippen molar-refractivity contribution in [2.75, 3.05) is 5.73 Å². The van der Waals surface area contributed by atoms with Crippen LogP contribution in [0.3, 0.4) is 0 Å². The minimum atomic E-state index is -1.01. The first-order valence-electron chi connectivity index (χ1n) is 42.5. The number of carbonyl (C=O) groups is 14. The standard InChI is InChI=1S/C13H12N4O3.C12H9BrN4O3.2C12H9ClN4O3.C12H9FN4O3.C12H9N5O5.C12H11N5O3/c1-7-3-2-4-8-11(7)13(20)17(16-15-8)9-5-6-10(18)14-12(9)19;2*13-6-1-2-8-7(5-6)12(20)17(16-15-8)9-3-4-10(18)14-11(9)19;2*13-6-2-1-3-7-10(6)12(20)17(16-15-7)8-4-5-9(18)14-11(8)19;18-9-5-4-8(11(19)13-9)16-12(20)10-6(14-15-16)2-1-3-7(10)17(21)22;13-6-2-1-3-7-10(6)12(20)17(16-15-7)8-4-5-9(18)14-11(8)19/h2-4,9H,5-6H2,1H3,(H,14,18,19);2*1-2,5,9H,3-4H2,(H,14,18,19);2*1-3,8H,4-5H2,(H,14,18,19);1-3,8H,4-5H2,(H,13,18,19);1-3,8H,4-5,13H2,(H,14,18,19). The van der Waals surface area contributed by atoms with Gasteiger partial charge in [0.2, 0.25) is 41.4 Å². The minimum Gasteiger partial charge on any atom is -0.398 e. The maximum atomic E-state index is 13.7. The molecule has 724 valence electrons. The molecule has 9 N–H and O–H groups in total. The molecule has 57 heteroatoms. The van der Waals surface area contributed by atoms with Gasteiger partial charge >= 0.3 is 0 Å². The highest BCUT2D eigenvalue weighted by molar-refractivity contribution is 9.10. The summed E-state index contributed by atoms with van der Waals surface area (Å²) in [6, 6.07) is 26.7. The van der Waals surface area contributed by atoms with Crippen LogP contribution < -0.4 is 81.9 Å². The van der Waals surface area contributed by atoms with Crippen molar-refractivity contribution < 1.29 is 76.4 Å². The van der Waals surface area contributed by atoms with Crippen LogP contribution in [0.1, 0.15) is 138 Å². The fraction of sp³-hybridized carbons (Fsp3) is 0.259. The topological polar surface area (TPSA) is 727 Å². The van der Waals surface area contributed by atoms with Crippen molar-refractivity contribution in [1.82, 2.24) is 142 Å². The van der Waals surface area contributed by atoms with Gasteiger partial charge in [0.1, 0.15) is 97.5 Å². The van der Waals surface area contributed by atoms with Gasteiger partial charge in [0.05, 0.1) is 36.9 Å². The Kier molecular flexibility index (Phi) is 29.2. The molecule has 14 amide bonds. The molecule has 7 unspecified atom stereocenters. The lowest BCUT2D eigenvalue weighted by Gasteiger charge is -2.21. The van der Waals surface area contributed by atoms with Gasteiger partial charge in [0.15, 0.2) is 0 Å². The van der Waals surface area contributed by atoms with Gasteiger partial charge in [-0.15, -0.1) is 35.7 Å². The highest BCUT2D eigenvalue weighted by Gasteiger charge is 2.39. The molecule has 0 saturated carbocycles. The van der Waals surface area contributed by atoms with Crippen LogP contribution in [0.2, 0.25) is 10.0 Å². The molecule has 7 aromatic heterocycles. The molecule has 21 rings (SSSR count). The van der Waals surface area contributed by atoms with E-state index in [1.807, 2.05) is 0 Å². The number of rotatable bonds is 8. The first kappa shape index (κ1) is 98.7. The monoisotopic (exact) mass is 2040 g/mol. The summed E-state index contributed by atoms with van der Waals surface area (Å²) in [5, 5.41) is 81.4. The van der Waals surface area contributed by atoms with Crippen LogP contribution in [0.5, 0.6) is 0 Å². The average Bonchev–Trinajstić information content (AvgIpc) is 0.775. The van der Waals surface area contributed by atoms with E-state index in [9.17, 15) is 115 Å². The molecule has 14 aromatic rings. The number of anilines is 1. The number of halogens is 4. The number of hydrogen-bond donors (Lipinski definition) is 8. The number of non-ortho nitro benzene ring substituents is 1. The van der Waals surface area contributed by atoms with E-state index < -0.39 is 145 Å². The molecule has 7 fully saturated rings. The van der Waals surface area contributed by atoms with Gasteiger partial charge in [-0.2, -0.15) is 32.8 Å². The molecule has 0 radical (unpaired) electrons. The number of aromatic nitrogens is 21. The number of imide groups is 7. The summed E-state index contributed by atoms with van der Waals surface area (Å²) >= 11 is 15.1. The number of nitrogen functional groups attached to an aromatic ring is 1. The third kappa shape index (κ3) is 21.0. The van der Waals surface area contributed by atoms with Crippen LogP contribution in [-0.2, 0) is 67.1 Å². The Morgan fingerprint density at radius 2 is 0.606 bits per heavy atom. The quantitative estimate of drug-likeness (QED) is 0.0441. The van der Waals surface area contributed by atoms with Crippen LogP contribution in [-0.4, -0.2) is 193 Å². The molecule has 0 spiro atoms. The lowest BCUT2D eigenvalue weighted by molar-refractivity contribution is -0.383. The number of nitrogens with one attached hydrogen (secondary N) is 7. The predicted octanol–water partition coefficient (Wildman–Crippen LogP) is 0.392. The Hall–Kier alpha value is -17.8. The number of aryl methyl sites for hydroxylation is 1. The van der Waals surface area contributed by atoms with E-state index in [-0.39, 0.29) is 174 Å². The van der Waals surface area contributed by atoms with Crippen molar-refractivity contribution in [2.24, 2.45) is 0 Å². The van der Waals surface area contributed by atoms with Crippen LogP contribution in [0.15, 0.2) is 165 Å². The van der Waals surface area contributed by atoms with E-state index in [0.29, 0.717) is 43.4 Å². The van der Waals surface area contributed by atoms with Gasteiger partial charge in [-0.25, -0.2) is 4.39 Å². The van der Waals surface area contributed by atoms with E-state index in [0.717, 1.165) is 48.9 Å². The molecule has 7 atom stereocenters. The van der Waals surface area contributed by atoms with Crippen LogP contribution in [0, 0.1) is 22.9 Å². The average molecular weight is 2050 g/mol. The summed E-state index contributed by atoms with van der Waals surface area (Å²) in [4.78, 5) is 257. The molecule has 7 aliphatic heterocycles. The van der Waals surface area contributed by atoms with E-state index >= 15 is 0 Å². The molecule has 53 nitrogen and oxygen atoms in total. The molecule has 142 heavy (non-hydrogen) atoms. The van der Waals surface area contributed by atoms with Gasteiger partial charge in [0, 0.05) is 66.2 Å². The third-order valence-electron chi connectivity index (χ3n) is 22.7. The number of fused-ring (bicyclic) bond motifs is 7. The Morgan fingerprint density at radius 1 is 0.331 bits per heavy atom. The molecule has 0 aliphatic carbocycles. The number of nitrogens with zero attached hydrogens (tertiary/aromatic N) is 22. The van der Waals surface area contributed by atoms with E-state index in [1.54, 1.807) is 91.9 Å². The zero-order chi connectivity index (χ0) is 102. The van der Waals surface area contributed by atoms with Crippen LogP contribution in [0.25, 0.3) is 76.3 Å². The maximum Gasteiger partial charge on any atom is 0.285 e. The maximum absolute atomic E-state index is 13.7. The summed E-state index contributed by atoms with van der Waals surface area (Å²) in [6.07, 6.45) is 2.41. The van der Waals surface area contributed by atoms with Crippen molar-refractivity contribution in [2.45, 2.75) is 139 Å². The van der Waals surface area contributed by atoms with E-state index in [2.05, 4.69) is 125 Å². The second kappa shape index (κ2) is 42.0. The summed E-state index contributed by atoms with van der Waals surface area (Å²) < 4.78 is 21.1. The fourth-order valence-electron chi connectivity index (χ4n) is 15.6. The first-order valence-corrected chi connectivity index (χ1v) is 44.0. The summed E-state index contributed by atoms with van der Waals surface area (Å²) in [6.45, 7) is 1.81. The number of piperidine rings is 7. The van der Waals surface area contributed by atoms with Crippen molar-refractivity contribution in [1.29, 1.82) is 0 Å². The Balaban J connectivity index is 0.000000125. The Bertz CT molecular complexity index is 7580. The zero-order valence-electron chi connectivity index (χ0n) is 72.9. The molecule has 7 aliphatic rings. The highest BCUT2D eigenvalue weighted by Crippen LogP contribution is 2.29. The van der Waals surface area contributed by atoms with Crippen molar-refractivity contribution >= 4 is 210 Å². The number of nitro groups is 1. The number of carbonyl (C=O) groups excluding carboxylic acids is 14. The lowest BCUT2D eigenvalue weighted by Crippen LogP contribution is -2.45. The summed E-state index contributed by atoms with van der Waals surface area (Å²) in [5.74, 6) is -7.27. The van der Waals surface area contributed by atoms with Crippen LogP contribution in [0.4, 0.5) is 15.8 Å². The normalized spacial score (nSPS) is 19.0. The summed E-state index contributed by atoms with van der Waals surface area (Å²) in [7, 11) is 0. The smallest absolute Gasteiger partial charge is 0.285 e. The molecular weight excluding hydrogens is 1980 g/mol. The second-order valence-corrected chi connectivity index (χ2v) is 33.6. The second-order valence-electron chi connectivity index (χ2n) is 31.9. The third-order valence-corrected chi connectivity index (χ3v) is 23.8. The van der Waals surface area contributed by atoms with E-state index in [1.165, 1.54) is 36.4 Å². The first-order chi connectivity index (χ1) is 67.9. The number of amides is 14. The minimum absolute atomic E-state index is 0.0550. The molecule has 0 bridgehead atoms. The predicted molar refractivity (Wildman–Crippen MR) is 490 cm³/mol. The number of nitrogens with two attached hydrogens (primary N) is 1. The van der Waals surface area contributed by atoms with Gasteiger partial charge in [-0.3, -0.25) is 148 Å². The van der Waals surface area contributed by atoms with Crippen molar-refractivity contribution in [3.8, 4) is 0 Å². The molecular formula is C85H68BrCl2FN30O23. The summed E-state index contributed by atoms with van der Waals surface area (Å²) in [5.41, 5.74) is 5.03. The number of nitro benzene ring substituents is 1. The zero-order valence-corrected chi connectivity index (χ0v) is 76.0. The molecule has 7 saturated heterocycles. The largest absolute Gasteiger partial charge is 0.398 e. The Morgan fingerprint density at radius 3 is 0.979 bits per heavy atom. The van der Waals surface area contributed by atoms with Gasteiger partial charge in [-0.1, -0.05) is 112 Å². The number of benzene rings is 7. The SMILES string of the molecule is Cc1cccc2nnn(C3CCC(=O)NC3=O)c(=O)c12.Nc1cccc2nnn(C3CCC(=O)NC3=O)c(=O)c12.O=C1CCC(n2nnc3ccc(Br)cc3c2=O)C(=O)N1.O=C1CCC(n2nnc3ccc(Cl)cc3c2=O)C(=O)N1.O=C1CCC(n2nnc3cccc(Cl)c3c2=O)C(=O)N1.O=C1CCC(n2nnc3cccc(F)c3c2=O)C(=O)N1.O=C1CCC(n2nnc3cccc([N+](=O)[O-])c3c2=O)C(=O)N1. The van der Waals surface area contributed by atoms with Gasteiger partial charge in [-0.05, 0) is 142 Å². The van der Waals surface area contributed by atoms with Gasteiger partial charge in [0.25, 0.3) is 86.0 Å². The van der Waals surface area contributed by atoms with E-state index in [4.69, 9.17) is 28.9 Å². The molecule has 14 heterocycles. The fourth-order valence-corrected chi connectivity index (χ4v) is 16.4. The van der Waals surface area contributed by atoms with Crippen molar-refractivity contribution in [3.63, 3.8) is 0 Å². The van der Waals surface area contributed by atoms with Gasteiger partial charge < -0.3 is 5.73 Å².